The Labute approximate surface area is 141 Å². The van der Waals surface area contributed by atoms with E-state index in [0.717, 1.165) is 12.0 Å². The van der Waals surface area contributed by atoms with Crippen LogP contribution in [0.25, 0.3) is 0 Å². The van der Waals surface area contributed by atoms with Gasteiger partial charge in [0.2, 0.25) is 0 Å². The lowest BCUT2D eigenvalue weighted by atomic mass is 10.1. The maximum atomic E-state index is 13.8. The van der Waals surface area contributed by atoms with Crippen molar-refractivity contribution in [3.63, 3.8) is 0 Å². The Balaban J connectivity index is 2.05. The van der Waals surface area contributed by atoms with E-state index in [0.29, 0.717) is 22.9 Å². The summed E-state index contributed by atoms with van der Waals surface area (Å²) in [5.41, 5.74) is 1.30. The zero-order valence-electron chi connectivity index (χ0n) is 13.1. The van der Waals surface area contributed by atoms with Crippen molar-refractivity contribution in [1.82, 2.24) is 5.32 Å². The number of aliphatic hydroxyl groups excluding tert-OH is 1. The van der Waals surface area contributed by atoms with Crippen molar-refractivity contribution in [2.24, 2.45) is 0 Å². The molecule has 0 aliphatic rings. The molecule has 2 aromatic carbocycles. The third-order valence-corrected chi connectivity index (χ3v) is 4.05. The van der Waals surface area contributed by atoms with Gasteiger partial charge in [0.15, 0.2) is 0 Å². The maximum Gasteiger partial charge on any atom is 0.131 e. The number of rotatable bonds is 8. The molecule has 2 rings (SSSR count). The molecule has 124 valence electrons. The van der Waals surface area contributed by atoms with Gasteiger partial charge in [-0.2, -0.15) is 0 Å². The van der Waals surface area contributed by atoms with Crippen LogP contribution in [0.3, 0.4) is 0 Å². The van der Waals surface area contributed by atoms with Gasteiger partial charge in [-0.1, -0.05) is 42.8 Å². The maximum absolute atomic E-state index is 13.8. The van der Waals surface area contributed by atoms with Gasteiger partial charge in [0.25, 0.3) is 0 Å². The van der Waals surface area contributed by atoms with Crippen LogP contribution in [0, 0.1) is 5.82 Å². The molecule has 0 saturated heterocycles. The van der Waals surface area contributed by atoms with E-state index in [4.69, 9.17) is 16.3 Å². The smallest absolute Gasteiger partial charge is 0.131 e. The van der Waals surface area contributed by atoms with Crippen molar-refractivity contribution in [2.45, 2.75) is 32.5 Å². The van der Waals surface area contributed by atoms with Crippen molar-refractivity contribution < 1.29 is 14.2 Å². The molecule has 1 unspecified atom stereocenters. The van der Waals surface area contributed by atoms with Gasteiger partial charge in [0.05, 0.1) is 11.6 Å². The van der Waals surface area contributed by atoms with Crippen LogP contribution >= 0.6 is 11.6 Å². The molecular formula is C18H21ClFNO2. The average Bonchev–Trinajstić information content (AvgIpc) is 2.56. The fourth-order valence-corrected chi connectivity index (χ4v) is 2.42. The van der Waals surface area contributed by atoms with Gasteiger partial charge in [-0.25, -0.2) is 4.39 Å². The van der Waals surface area contributed by atoms with Crippen molar-refractivity contribution in [1.29, 1.82) is 0 Å². The highest BCUT2D eigenvalue weighted by molar-refractivity contribution is 6.31. The molecule has 0 aliphatic carbocycles. The molecule has 0 amide bonds. The zero-order chi connectivity index (χ0) is 16.7. The van der Waals surface area contributed by atoms with Crippen LogP contribution < -0.4 is 10.1 Å². The number of halogens is 2. The van der Waals surface area contributed by atoms with Crippen LogP contribution in [0.1, 0.15) is 24.5 Å². The minimum absolute atomic E-state index is 0.0454. The summed E-state index contributed by atoms with van der Waals surface area (Å²) in [7, 11) is 0. The fraction of sp³-hybridized carbons (Fsp3) is 0.333. The number of aliphatic hydroxyl groups is 1. The van der Waals surface area contributed by atoms with Crippen LogP contribution in [0.15, 0.2) is 42.5 Å². The average molecular weight is 338 g/mol. The molecule has 2 aromatic rings. The highest BCUT2D eigenvalue weighted by Crippen LogP contribution is 2.23. The summed E-state index contributed by atoms with van der Waals surface area (Å²) in [4.78, 5) is 0. The topological polar surface area (TPSA) is 41.5 Å². The summed E-state index contributed by atoms with van der Waals surface area (Å²) in [6.07, 6.45) is 0.838. The van der Waals surface area contributed by atoms with Crippen molar-refractivity contribution >= 4 is 11.6 Å². The molecule has 0 fully saturated rings. The second-order valence-electron chi connectivity index (χ2n) is 5.27. The molecule has 0 saturated carbocycles. The number of hydrogen-bond donors (Lipinski definition) is 2. The van der Waals surface area contributed by atoms with Crippen molar-refractivity contribution in [2.75, 3.05) is 6.61 Å². The number of hydrogen-bond acceptors (Lipinski definition) is 3. The first-order chi connectivity index (χ1) is 11.2. The molecular weight excluding hydrogens is 317 g/mol. The first-order valence-electron chi connectivity index (χ1n) is 7.63. The Morgan fingerprint density at radius 3 is 2.70 bits per heavy atom. The highest BCUT2D eigenvalue weighted by atomic mass is 35.5. The molecule has 0 spiro atoms. The quantitative estimate of drug-likeness (QED) is 0.767. The monoisotopic (exact) mass is 337 g/mol. The standard InChI is InChI=1S/C18H21ClFNO2/c1-2-14(11-22)21-10-13-6-3-4-9-18(13)23-12-15-16(19)7-5-8-17(15)20/h3-9,14,21-22H,2,10-12H2,1H3. The van der Waals surface area contributed by atoms with E-state index in [-0.39, 0.29) is 25.1 Å². The summed E-state index contributed by atoms with van der Waals surface area (Å²) in [5.74, 6) is 0.298. The van der Waals surface area contributed by atoms with Crippen LogP contribution in [0.5, 0.6) is 5.75 Å². The molecule has 1 atom stereocenters. The minimum Gasteiger partial charge on any atom is -0.488 e. The summed E-state index contributed by atoms with van der Waals surface area (Å²) in [6, 6.07) is 12.2. The van der Waals surface area contributed by atoms with Crippen LogP contribution in [-0.4, -0.2) is 17.8 Å². The zero-order valence-corrected chi connectivity index (χ0v) is 13.8. The third-order valence-electron chi connectivity index (χ3n) is 3.70. The van der Waals surface area contributed by atoms with Gasteiger partial charge in [-0.3, -0.25) is 0 Å². The molecule has 0 aliphatic heterocycles. The molecule has 0 bridgehead atoms. The third kappa shape index (κ3) is 4.93. The van der Waals surface area contributed by atoms with Crippen LogP contribution in [-0.2, 0) is 13.2 Å². The van der Waals surface area contributed by atoms with E-state index in [1.54, 1.807) is 12.1 Å². The number of nitrogens with one attached hydrogen (secondary N) is 1. The highest BCUT2D eigenvalue weighted by Gasteiger charge is 2.10. The Morgan fingerprint density at radius 2 is 2.00 bits per heavy atom. The van der Waals surface area contributed by atoms with Crippen molar-refractivity contribution in [3.8, 4) is 5.75 Å². The van der Waals surface area contributed by atoms with Crippen LogP contribution in [0.4, 0.5) is 4.39 Å². The molecule has 5 heteroatoms. The summed E-state index contributed by atoms with van der Waals surface area (Å²) < 4.78 is 19.6. The van der Waals surface area contributed by atoms with E-state index in [2.05, 4.69) is 5.32 Å². The number of para-hydroxylation sites is 1. The Kier molecular flexibility index (Phi) is 6.84. The largest absolute Gasteiger partial charge is 0.488 e. The number of ether oxygens (including phenoxy) is 1. The molecule has 2 N–H and O–H groups in total. The van der Waals surface area contributed by atoms with Gasteiger partial charge in [-0.15, -0.1) is 0 Å². The van der Waals surface area contributed by atoms with Crippen molar-refractivity contribution in [3.05, 3.63) is 64.4 Å². The predicted molar refractivity (Wildman–Crippen MR) is 90.2 cm³/mol. The summed E-state index contributed by atoms with van der Waals surface area (Å²) in [5, 5.41) is 12.9. The normalized spacial score (nSPS) is 12.2. The van der Waals surface area contributed by atoms with Gasteiger partial charge < -0.3 is 15.2 Å². The Bertz CT molecular complexity index is 612. The molecule has 23 heavy (non-hydrogen) atoms. The Morgan fingerprint density at radius 1 is 1.22 bits per heavy atom. The predicted octanol–water partition coefficient (Wildman–Crippen LogP) is 3.92. The first kappa shape index (κ1) is 17.7. The number of benzene rings is 2. The van der Waals surface area contributed by atoms with E-state index in [1.807, 2.05) is 31.2 Å². The molecule has 0 radical (unpaired) electrons. The van der Waals surface area contributed by atoms with E-state index in [9.17, 15) is 9.50 Å². The first-order valence-corrected chi connectivity index (χ1v) is 8.01. The molecule has 0 heterocycles. The summed E-state index contributed by atoms with van der Waals surface area (Å²) in [6.45, 7) is 2.74. The fourth-order valence-electron chi connectivity index (χ4n) is 2.20. The second-order valence-corrected chi connectivity index (χ2v) is 5.67. The van der Waals surface area contributed by atoms with E-state index in [1.165, 1.54) is 6.07 Å². The lowest BCUT2D eigenvalue weighted by Gasteiger charge is -2.17. The lowest BCUT2D eigenvalue weighted by molar-refractivity contribution is 0.237. The molecule has 0 aromatic heterocycles. The van der Waals surface area contributed by atoms with Crippen LogP contribution in [0.2, 0.25) is 5.02 Å². The minimum atomic E-state index is -0.376. The van der Waals surface area contributed by atoms with Gasteiger partial charge in [0.1, 0.15) is 18.2 Å². The summed E-state index contributed by atoms with van der Waals surface area (Å²) >= 11 is 6.02. The van der Waals surface area contributed by atoms with Gasteiger partial charge >= 0.3 is 0 Å². The van der Waals surface area contributed by atoms with Gasteiger partial charge in [0, 0.05) is 23.7 Å². The second kappa shape index (κ2) is 8.87. The van der Waals surface area contributed by atoms with Gasteiger partial charge in [-0.05, 0) is 24.6 Å². The lowest BCUT2D eigenvalue weighted by Crippen LogP contribution is -2.31. The van der Waals surface area contributed by atoms with E-state index >= 15 is 0 Å². The Hall–Kier alpha value is -1.62. The SMILES string of the molecule is CCC(CO)NCc1ccccc1OCc1c(F)cccc1Cl. The molecule has 3 nitrogen and oxygen atoms in total. The van der Waals surface area contributed by atoms with E-state index < -0.39 is 0 Å².